The third kappa shape index (κ3) is 2.72. The maximum absolute atomic E-state index is 12.7. The summed E-state index contributed by atoms with van der Waals surface area (Å²) in [6, 6.07) is 7.74. The van der Waals surface area contributed by atoms with Crippen LogP contribution in [0.1, 0.15) is 49.0 Å². The molecule has 4 nitrogen and oxygen atoms in total. The molecule has 0 bridgehead atoms. The summed E-state index contributed by atoms with van der Waals surface area (Å²) < 4.78 is 7.97. The number of rotatable bonds is 2. The molecule has 1 spiro atoms. The minimum Gasteiger partial charge on any atom is -0.373 e. The van der Waals surface area contributed by atoms with Crippen molar-refractivity contribution in [3.05, 3.63) is 35.0 Å². The number of ether oxygens (including phenoxy) is 1. The Balaban J connectivity index is 1.51. The van der Waals surface area contributed by atoms with Gasteiger partial charge in [-0.1, -0.05) is 43.0 Å². The monoisotopic (exact) mass is 346 g/mol. The number of aryl methyl sites for hydroxylation is 1. The molecule has 1 aromatic heterocycles. The van der Waals surface area contributed by atoms with Gasteiger partial charge in [-0.05, 0) is 31.4 Å². The van der Waals surface area contributed by atoms with Crippen molar-refractivity contribution in [2.45, 2.75) is 50.2 Å². The van der Waals surface area contributed by atoms with Crippen molar-refractivity contribution in [1.29, 1.82) is 0 Å². The van der Waals surface area contributed by atoms with Gasteiger partial charge in [-0.2, -0.15) is 0 Å². The zero-order valence-corrected chi connectivity index (χ0v) is 14.7. The molecule has 128 valence electrons. The minimum absolute atomic E-state index is 0.0123. The first-order valence-electron chi connectivity index (χ1n) is 8.77. The van der Waals surface area contributed by atoms with Gasteiger partial charge in [0.15, 0.2) is 0 Å². The van der Waals surface area contributed by atoms with Crippen molar-refractivity contribution in [3.8, 4) is 0 Å². The van der Waals surface area contributed by atoms with E-state index in [0.29, 0.717) is 17.3 Å². The number of halogens is 1. The van der Waals surface area contributed by atoms with E-state index in [-0.39, 0.29) is 17.6 Å². The molecule has 5 heteroatoms. The first-order valence-corrected chi connectivity index (χ1v) is 9.15. The molecule has 1 amide bonds. The third-order valence-electron chi connectivity index (χ3n) is 5.55. The topological polar surface area (TPSA) is 43.3 Å². The number of para-hydroxylation sites is 1. The number of fused-ring (bicyclic) bond motifs is 1. The van der Waals surface area contributed by atoms with Gasteiger partial charge >= 0.3 is 0 Å². The zero-order valence-electron chi connectivity index (χ0n) is 14.0. The highest BCUT2D eigenvalue weighted by atomic mass is 35.5. The Morgan fingerprint density at radius 3 is 2.88 bits per heavy atom. The summed E-state index contributed by atoms with van der Waals surface area (Å²) in [6.07, 6.45) is 6.97. The zero-order chi connectivity index (χ0) is 16.7. The van der Waals surface area contributed by atoms with Crippen molar-refractivity contribution in [3.63, 3.8) is 0 Å². The second-order valence-corrected chi connectivity index (χ2v) is 7.60. The lowest BCUT2D eigenvalue weighted by Gasteiger charge is -2.32. The first-order chi connectivity index (χ1) is 11.6. The van der Waals surface area contributed by atoms with Crippen LogP contribution in [0.15, 0.2) is 24.3 Å². The third-order valence-corrected chi connectivity index (χ3v) is 5.85. The second kappa shape index (κ2) is 6.08. The molecule has 2 heterocycles. The summed E-state index contributed by atoms with van der Waals surface area (Å²) in [4.78, 5) is 12.7. The Labute approximate surface area is 147 Å². The highest BCUT2D eigenvalue weighted by molar-refractivity contribution is 6.35. The minimum atomic E-state index is -0.0498. The maximum Gasteiger partial charge on any atom is 0.268 e. The molecule has 4 rings (SSSR count). The molecule has 1 aliphatic heterocycles. The molecular weight excluding hydrogens is 324 g/mol. The number of nitrogens with one attached hydrogen (secondary N) is 1. The van der Waals surface area contributed by atoms with E-state index in [0.717, 1.165) is 30.2 Å². The first kappa shape index (κ1) is 16.0. The van der Waals surface area contributed by atoms with Crippen LogP contribution in [0.25, 0.3) is 10.9 Å². The second-order valence-electron chi connectivity index (χ2n) is 7.20. The van der Waals surface area contributed by atoms with Gasteiger partial charge in [0, 0.05) is 12.4 Å². The quantitative estimate of drug-likeness (QED) is 0.891. The van der Waals surface area contributed by atoms with E-state index in [2.05, 4.69) is 5.32 Å². The number of aromatic nitrogens is 1. The van der Waals surface area contributed by atoms with Gasteiger partial charge in [-0.3, -0.25) is 4.79 Å². The van der Waals surface area contributed by atoms with Crippen molar-refractivity contribution >= 4 is 28.4 Å². The maximum atomic E-state index is 12.7. The summed E-state index contributed by atoms with van der Waals surface area (Å²) in [5, 5.41) is 4.81. The van der Waals surface area contributed by atoms with Gasteiger partial charge < -0.3 is 14.6 Å². The van der Waals surface area contributed by atoms with Crippen LogP contribution >= 0.6 is 11.6 Å². The molecule has 2 aliphatic rings. The molecule has 1 aromatic carbocycles. The van der Waals surface area contributed by atoms with Gasteiger partial charge in [-0.15, -0.1) is 0 Å². The largest absolute Gasteiger partial charge is 0.373 e. The molecule has 1 atom stereocenters. The van der Waals surface area contributed by atoms with Gasteiger partial charge in [0.25, 0.3) is 5.91 Å². The Bertz CT molecular complexity index is 777. The van der Waals surface area contributed by atoms with E-state index in [1.807, 2.05) is 35.9 Å². The number of carbonyl (C=O) groups excluding carboxylic acids is 1. The average Bonchev–Trinajstić information content (AvgIpc) is 3.11. The molecule has 24 heavy (non-hydrogen) atoms. The van der Waals surface area contributed by atoms with Crippen LogP contribution in [0.5, 0.6) is 0 Å². The van der Waals surface area contributed by atoms with E-state index in [1.165, 1.54) is 19.3 Å². The van der Waals surface area contributed by atoms with E-state index >= 15 is 0 Å². The molecule has 1 saturated carbocycles. The van der Waals surface area contributed by atoms with E-state index in [9.17, 15) is 4.79 Å². The molecule has 0 unspecified atom stereocenters. The predicted octanol–water partition coefficient (Wildman–Crippen LogP) is 4.05. The van der Waals surface area contributed by atoms with Gasteiger partial charge in [0.1, 0.15) is 5.69 Å². The summed E-state index contributed by atoms with van der Waals surface area (Å²) in [5.74, 6) is -0.0498. The number of benzene rings is 1. The molecule has 0 radical (unpaired) electrons. The Kier molecular flexibility index (Phi) is 4.05. The number of hydrogen-bond acceptors (Lipinski definition) is 2. The summed E-state index contributed by atoms with van der Waals surface area (Å²) in [5.41, 5.74) is 1.55. The van der Waals surface area contributed by atoms with Gasteiger partial charge in [0.2, 0.25) is 0 Å². The van der Waals surface area contributed by atoms with Crippen LogP contribution < -0.4 is 5.32 Å². The van der Waals surface area contributed by atoms with Crippen LogP contribution in [0.3, 0.4) is 0 Å². The van der Waals surface area contributed by atoms with Crippen LogP contribution in [-0.2, 0) is 11.8 Å². The highest BCUT2D eigenvalue weighted by Gasteiger charge is 2.41. The van der Waals surface area contributed by atoms with Crippen LogP contribution in [-0.4, -0.2) is 28.7 Å². The fraction of sp³-hybridized carbons (Fsp3) is 0.526. The Hall–Kier alpha value is -1.52. The Morgan fingerprint density at radius 1 is 1.33 bits per heavy atom. The number of amides is 1. The fourth-order valence-corrected chi connectivity index (χ4v) is 4.63. The van der Waals surface area contributed by atoms with Crippen molar-refractivity contribution in [2.24, 2.45) is 7.05 Å². The lowest BCUT2D eigenvalue weighted by molar-refractivity contribution is -0.0246. The summed E-state index contributed by atoms with van der Waals surface area (Å²) >= 11 is 6.28. The Morgan fingerprint density at radius 2 is 2.12 bits per heavy atom. The van der Waals surface area contributed by atoms with Crippen molar-refractivity contribution in [2.75, 3.05) is 6.61 Å². The van der Waals surface area contributed by atoms with Crippen LogP contribution in [0, 0.1) is 0 Å². The van der Waals surface area contributed by atoms with Gasteiger partial charge in [-0.25, -0.2) is 0 Å². The molecule has 1 N–H and O–H groups in total. The molecule has 2 aromatic rings. The molecule has 2 fully saturated rings. The SMILES string of the molecule is Cn1c(C(=O)N[C@H]2COC3(CCCCC3)C2)cc2cccc(Cl)c21. The number of nitrogens with zero attached hydrogens (tertiary/aromatic N) is 1. The normalized spacial score (nSPS) is 23.0. The smallest absolute Gasteiger partial charge is 0.268 e. The predicted molar refractivity (Wildman–Crippen MR) is 95.6 cm³/mol. The summed E-state index contributed by atoms with van der Waals surface area (Å²) in [6.45, 7) is 0.621. The van der Waals surface area contributed by atoms with E-state index < -0.39 is 0 Å². The lowest BCUT2D eigenvalue weighted by Crippen LogP contribution is -2.38. The molecular formula is C19H23ClN2O2. The lowest BCUT2D eigenvalue weighted by atomic mass is 9.82. The summed E-state index contributed by atoms with van der Waals surface area (Å²) in [7, 11) is 1.89. The van der Waals surface area contributed by atoms with Crippen LogP contribution in [0.4, 0.5) is 0 Å². The number of carbonyl (C=O) groups is 1. The average molecular weight is 347 g/mol. The van der Waals surface area contributed by atoms with E-state index in [1.54, 1.807) is 0 Å². The van der Waals surface area contributed by atoms with Crippen molar-refractivity contribution in [1.82, 2.24) is 9.88 Å². The van der Waals surface area contributed by atoms with Crippen LogP contribution in [0.2, 0.25) is 5.02 Å². The van der Waals surface area contributed by atoms with Crippen molar-refractivity contribution < 1.29 is 9.53 Å². The van der Waals surface area contributed by atoms with Gasteiger partial charge in [0.05, 0.1) is 28.8 Å². The number of hydrogen-bond donors (Lipinski definition) is 1. The highest BCUT2D eigenvalue weighted by Crippen LogP contribution is 2.39. The molecule has 1 saturated heterocycles. The standard InChI is InChI=1S/C19H23ClN2O2/c1-22-16(10-13-6-5-7-15(20)17(13)22)18(23)21-14-11-19(24-12-14)8-3-2-4-9-19/h5-7,10,14H,2-4,8-9,11-12H2,1H3,(H,21,23)/t14-/m1/s1. The molecule has 1 aliphatic carbocycles. The van der Waals surface area contributed by atoms with E-state index in [4.69, 9.17) is 16.3 Å². The fourth-order valence-electron chi connectivity index (χ4n) is 4.33.